The maximum atomic E-state index is 10.4. The summed E-state index contributed by atoms with van der Waals surface area (Å²) < 4.78 is 31.5. The van der Waals surface area contributed by atoms with E-state index in [1.807, 2.05) is 88.4 Å². The zero-order chi connectivity index (χ0) is 23.0. The highest BCUT2D eigenvalue weighted by Gasteiger charge is 2.68. The van der Waals surface area contributed by atoms with E-state index in [-0.39, 0.29) is 13.2 Å². The van der Waals surface area contributed by atoms with Gasteiger partial charge in [-0.3, -0.25) is 0 Å². The Labute approximate surface area is 190 Å². The van der Waals surface area contributed by atoms with Gasteiger partial charge in [0, 0.05) is 18.8 Å². The summed E-state index contributed by atoms with van der Waals surface area (Å²) in [6.07, 6.45) is 0. The number of hydrogen-bond acceptors (Lipinski definition) is 6. The van der Waals surface area contributed by atoms with Gasteiger partial charge in [-0.1, -0.05) is 60.7 Å². The van der Waals surface area contributed by atoms with Gasteiger partial charge in [0.25, 0.3) is 5.79 Å². The summed E-state index contributed by atoms with van der Waals surface area (Å²) in [5.74, 6) is -3.54. The predicted octanol–water partition coefficient (Wildman–Crippen LogP) is 5.23. The number of nitriles is 1. The average Bonchev–Trinajstić information content (AvgIpc) is 2.82. The molecule has 0 aliphatic carbocycles. The topological polar surface area (TPSA) is 69.9 Å². The summed E-state index contributed by atoms with van der Waals surface area (Å²) in [6, 6.07) is 21.6. The van der Waals surface area contributed by atoms with E-state index in [9.17, 15) is 5.26 Å². The van der Waals surface area contributed by atoms with Crippen LogP contribution >= 0.6 is 0 Å². The molecule has 0 bridgehead atoms. The quantitative estimate of drug-likeness (QED) is 0.474. The van der Waals surface area contributed by atoms with Crippen molar-refractivity contribution in [3.8, 4) is 6.07 Å². The number of rotatable bonds is 10. The first-order valence-corrected chi connectivity index (χ1v) is 11.1. The van der Waals surface area contributed by atoms with Gasteiger partial charge in [0.15, 0.2) is 0 Å². The standard InChI is InChI=1S/C26H31NO5/c1-5-28-25(29-6-2)23(20-15-11-9-12-16-20)22(19-27)24(21-17-13-10-14-18-21)32-26(25,30-7-3)31-8-4/h9-18,23H,5-8H2,1-4H3/t23-/m0/s1. The molecule has 0 radical (unpaired) electrons. The molecule has 6 nitrogen and oxygen atoms in total. The molecule has 0 N–H and O–H groups in total. The van der Waals surface area contributed by atoms with Gasteiger partial charge in [-0.2, -0.15) is 5.26 Å². The molecule has 0 unspecified atom stereocenters. The Morgan fingerprint density at radius 1 is 0.781 bits per heavy atom. The molecule has 170 valence electrons. The maximum Gasteiger partial charge on any atom is 0.385 e. The lowest BCUT2D eigenvalue weighted by atomic mass is 9.79. The second kappa shape index (κ2) is 10.8. The Morgan fingerprint density at radius 2 is 1.28 bits per heavy atom. The monoisotopic (exact) mass is 437 g/mol. The van der Waals surface area contributed by atoms with Gasteiger partial charge in [0.1, 0.15) is 5.76 Å². The Bertz CT molecular complexity index is 924. The first-order valence-electron chi connectivity index (χ1n) is 11.1. The number of benzene rings is 2. The fourth-order valence-corrected chi connectivity index (χ4v) is 4.20. The van der Waals surface area contributed by atoms with Crippen molar-refractivity contribution < 1.29 is 23.7 Å². The van der Waals surface area contributed by atoms with Crippen LogP contribution in [0.2, 0.25) is 0 Å². The van der Waals surface area contributed by atoms with Crippen molar-refractivity contribution >= 4 is 5.76 Å². The molecule has 2 aromatic rings. The third kappa shape index (κ3) is 4.17. The van der Waals surface area contributed by atoms with E-state index in [0.717, 1.165) is 11.1 Å². The molecular weight excluding hydrogens is 406 g/mol. The van der Waals surface area contributed by atoms with Gasteiger partial charge in [-0.25, -0.2) is 0 Å². The molecule has 3 rings (SSSR count). The highest BCUT2D eigenvalue weighted by atomic mass is 16.9. The van der Waals surface area contributed by atoms with Crippen LogP contribution < -0.4 is 0 Å². The largest absolute Gasteiger partial charge is 0.433 e. The van der Waals surface area contributed by atoms with E-state index in [2.05, 4.69) is 6.07 Å². The highest BCUT2D eigenvalue weighted by Crippen LogP contribution is 2.54. The van der Waals surface area contributed by atoms with Crippen LogP contribution in [0.4, 0.5) is 0 Å². The molecule has 0 saturated heterocycles. The van der Waals surface area contributed by atoms with Crippen LogP contribution in [0.15, 0.2) is 66.2 Å². The van der Waals surface area contributed by atoms with E-state index in [4.69, 9.17) is 23.7 Å². The average molecular weight is 438 g/mol. The Morgan fingerprint density at radius 3 is 1.75 bits per heavy atom. The van der Waals surface area contributed by atoms with Crippen molar-refractivity contribution in [1.29, 1.82) is 5.26 Å². The third-order valence-electron chi connectivity index (χ3n) is 5.25. The summed E-state index contributed by atoms with van der Waals surface area (Å²) in [5.41, 5.74) is 1.97. The molecule has 1 atom stereocenters. The van der Waals surface area contributed by atoms with Crippen molar-refractivity contribution in [3.05, 3.63) is 77.4 Å². The minimum Gasteiger partial charge on any atom is -0.433 e. The van der Waals surface area contributed by atoms with E-state index < -0.39 is 17.7 Å². The molecule has 0 aromatic heterocycles. The van der Waals surface area contributed by atoms with Crippen molar-refractivity contribution in [2.75, 3.05) is 26.4 Å². The number of nitrogens with zero attached hydrogens (tertiary/aromatic N) is 1. The van der Waals surface area contributed by atoms with E-state index in [0.29, 0.717) is 24.5 Å². The Kier molecular flexibility index (Phi) is 8.05. The van der Waals surface area contributed by atoms with Crippen molar-refractivity contribution in [2.45, 2.75) is 45.4 Å². The molecule has 0 fully saturated rings. The highest BCUT2D eigenvalue weighted by molar-refractivity contribution is 5.71. The summed E-state index contributed by atoms with van der Waals surface area (Å²) in [7, 11) is 0. The third-order valence-corrected chi connectivity index (χ3v) is 5.25. The molecule has 32 heavy (non-hydrogen) atoms. The normalized spacial score (nSPS) is 19.3. The molecule has 1 aliphatic heterocycles. The molecule has 0 amide bonds. The molecule has 0 spiro atoms. The molecule has 6 heteroatoms. The fourth-order valence-electron chi connectivity index (χ4n) is 4.20. The van der Waals surface area contributed by atoms with Crippen molar-refractivity contribution in [1.82, 2.24) is 0 Å². The van der Waals surface area contributed by atoms with Gasteiger partial charge in [-0.15, -0.1) is 0 Å². The van der Waals surface area contributed by atoms with E-state index in [1.165, 1.54) is 0 Å². The van der Waals surface area contributed by atoms with Gasteiger partial charge >= 0.3 is 5.97 Å². The minimum atomic E-state index is -1.73. The molecule has 2 aromatic carbocycles. The first kappa shape index (κ1) is 24.0. The second-order valence-electron chi connectivity index (χ2n) is 7.12. The zero-order valence-corrected chi connectivity index (χ0v) is 19.2. The number of hydrogen-bond donors (Lipinski definition) is 0. The lowest BCUT2D eigenvalue weighted by Crippen LogP contribution is -2.67. The van der Waals surface area contributed by atoms with Crippen LogP contribution in [-0.2, 0) is 23.7 Å². The summed E-state index contributed by atoms with van der Waals surface area (Å²) >= 11 is 0. The molecular formula is C26H31NO5. The SMILES string of the molecule is CCOC1(OCC)OC(c2ccccc2)=C(C#N)[C@H](c2ccccc2)C1(OCC)OCC. The summed E-state index contributed by atoms with van der Waals surface area (Å²) in [6.45, 7) is 8.62. The molecule has 1 aliphatic rings. The minimum absolute atomic E-state index is 0.285. The van der Waals surface area contributed by atoms with E-state index in [1.54, 1.807) is 0 Å². The van der Waals surface area contributed by atoms with Gasteiger partial charge in [-0.05, 0) is 33.3 Å². The van der Waals surface area contributed by atoms with Crippen LogP contribution in [0.3, 0.4) is 0 Å². The summed E-state index contributed by atoms with van der Waals surface area (Å²) in [4.78, 5) is 0. The lowest BCUT2D eigenvalue weighted by molar-refractivity contribution is -0.489. The lowest BCUT2D eigenvalue weighted by Gasteiger charge is -2.53. The Balaban J connectivity index is 2.42. The molecule has 0 saturated carbocycles. The second-order valence-corrected chi connectivity index (χ2v) is 7.12. The fraction of sp³-hybridized carbons (Fsp3) is 0.423. The molecule has 1 heterocycles. The van der Waals surface area contributed by atoms with Crippen LogP contribution in [0.25, 0.3) is 5.76 Å². The first-order chi connectivity index (χ1) is 15.6. The van der Waals surface area contributed by atoms with E-state index >= 15 is 0 Å². The van der Waals surface area contributed by atoms with Crippen molar-refractivity contribution in [3.63, 3.8) is 0 Å². The smallest absolute Gasteiger partial charge is 0.385 e. The van der Waals surface area contributed by atoms with Crippen LogP contribution in [0, 0.1) is 11.3 Å². The van der Waals surface area contributed by atoms with Gasteiger partial charge in [0.2, 0.25) is 0 Å². The number of ether oxygens (including phenoxy) is 5. The predicted molar refractivity (Wildman–Crippen MR) is 121 cm³/mol. The zero-order valence-electron chi connectivity index (χ0n) is 19.2. The van der Waals surface area contributed by atoms with Crippen LogP contribution in [0.5, 0.6) is 0 Å². The van der Waals surface area contributed by atoms with Crippen molar-refractivity contribution in [2.24, 2.45) is 0 Å². The van der Waals surface area contributed by atoms with Gasteiger partial charge in [0.05, 0.1) is 30.8 Å². The van der Waals surface area contributed by atoms with Crippen LogP contribution in [-0.4, -0.2) is 38.2 Å². The van der Waals surface area contributed by atoms with Gasteiger partial charge < -0.3 is 23.7 Å². The Hall–Kier alpha value is -2.69. The summed E-state index contributed by atoms with van der Waals surface area (Å²) in [5, 5.41) is 10.4. The van der Waals surface area contributed by atoms with Crippen LogP contribution in [0.1, 0.15) is 44.7 Å². The maximum absolute atomic E-state index is 10.4.